The number of hydrogen-bond acceptors (Lipinski definition) is 5. The van der Waals surface area contributed by atoms with Crippen LogP contribution in [-0.4, -0.2) is 24.6 Å². The minimum absolute atomic E-state index is 0.156. The standard InChI is InChI=1S/C18H15FN2O3S/c1-10-6-11-7-16-13(9-18(11)25(10,23)24)15(4-5-20-16)21-17-8-12(22)2-3-14(17)19/h3-9,12,22H,2H2,1H3,(H,20,21). The quantitative estimate of drug-likeness (QED) is 0.861. The predicted octanol–water partition coefficient (Wildman–Crippen LogP) is 3.30. The number of halogens is 1. The molecule has 2 aliphatic rings. The predicted molar refractivity (Wildman–Crippen MR) is 94.1 cm³/mol. The summed E-state index contributed by atoms with van der Waals surface area (Å²) >= 11 is 0. The molecule has 1 unspecified atom stereocenters. The summed E-state index contributed by atoms with van der Waals surface area (Å²) in [5.41, 5.74) is 1.89. The molecule has 25 heavy (non-hydrogen) atoms. The number of nitrogens with zero attached hydrogens (tertiary/aromatic N) is 1. The molecule has 1 aliphatic carbocycles. The van der Waals surface area contributed by atoms with Gasteiger partial charge in [0.1, 0.15) is 5.83 Å². The summed E-state index contributed by atoms with van der Waals surface area (Å²) in [5.74, 6) is -0.457. The van der Waals surface area contributed by atoms with Gasteiger partial charge < -0.3 is 10.4 Å². The van der Waals surface area contributed by atoms with Gasteiger partial charge in [-0.2, -0.15) is 0 Å². The molecule has 0 saturated carbocycles. The maximum Gasteiger partial charge on any atom is 0.203 e. The van der Waals surface area contributed by atoms with Gasteiger partial charge in [0.05, 0.1) is 22.2 Å². The van der Waals surface area contributed by atoms with Crippen molar-refractivity contribution < 1.29 is 17.9 Å². The number of pyridine rings is 1. The molecule has 0 saturated heterocycles. The lowest BCUT2D eigenvalue weighted by Crippen LogP contribution is -2.12. The summed E-state index contributed by atoms with van der Waals surface area (Å²) < 4.78 is 38.8. The van der Waals surface area contributed by atoms with E-state index in [2.05, 4.69) is 10.3 Å². The molecule has 0 amide bonds. The fraction of sp³-hybridized carbons (Fsp3) is 0.167. The molecule has 0 radical (unpaired) electrons. The Balaban J connectivity index is 1.85. The Hall–Kier alpha value is -2.51. The molecule has 0 bridgehead atoms. The van der Waals surface area contributed by atoms with Crippen molar-refractivity contribution >= 4 is 32.5 Å². The number of sulfone groups is 1. The van der Waals surface area contributed by atoms with Gasteiger partial charge in [0.2, 0.25) is 9.84 Å². The summed E-state index contributed by atoms with van der Waals surface area (Å²) in [7, 11) is -3.48. The van der Waals surface area contributed by atoms with Gasteiger partial charge in [0, 0.05) is 22.2 Å². The Kier molecular flexibility index (Phi) is 3.52. The van der Waals surface area contributed by atoms with Gasteiger partial charge in [-0.3, -0.25) is 4.98 Å². The van der Waals surface area contributed by atoms with Gasteiger partial charge in [0.25, 0.3) is 0 Å². The highest BCUT2D eigenvalue weighted by Gasteiger charge is 2.27. The molecule has 1 atom stereocenters. The minimum Gasteiger partial charge on any atom is -0.389 e. The molecule has 2 heterocycles. The van der Waals surface area contributed by atoms with E-state index >= 15 is 0 Å². The average Bonchev–Trinajstić information content (AvgIpc) is 2.79. The fourth-order valence-electron chi connectivity index (χ4n) is 3.03. The summed E-state index contributed by atoms with van der Waals surface area (Å²) in [6.45, 7) is 1.56. The van der Waals surface area contributed by atoms with Crippen molar-refractivity contribution in [3.63, 3.8) is 0 Å². The van der Waals surface area contributed by atoms with Gasteiger partial charge in [-0.15, -0.1) is 0 Å². The van der Waals surface area contributed by atoms with Gasteiger partial charge >= 0.3 is 0 Å². The smallest absolute Gasteiger partial charge is 0.203 e. The lowest BCUT2D eigenvalue weighted by molar-refractivity contribution is 0.222. The number of benzene rings is 1. The van der Waals surface area contributed by atoms with Crippen LogP contribution < -0.4 is 5.32 Å². The number of anilines is 1. The van der Waals surface area contributed by atoms with Crippen molar-refractivity contribution in [1.29, 1.82) is 0 Å². The summed E-state index contributed by atoms with van der Waals surface area (Å²) in [6, 6.07) is 4.91. The van der Waals surface area contributed by atoms with Crippen molar-refractivity contribution in [3.8, 4) is 0 Å². The number of fused-ring (bicyclic) bond motifs is 2. The SMILES string of the molecule is CC1=Cc2cc3nccc(NC4=CC(O)CC=C4F)c3cc2S1(=O)=O. The average molecular weight is 358 g/mol. The van der Waals surface area contributed by atoms with Crippen LogP contribution in [0.4, 0.5) is 10.1 Å². The largest absolute Gasteiger partial charge is 0.389 e. The Morgan fingerprint density at radius 2 is 2.16 bits per heavy atom. The molecular formula is C18H15FN2O3S. The molecular weight excluding hydrogens is 343 g/mol. The van der Waals surface area contributed by atoms with E-state index < -0.39 is 21.8 Å². The molecule has 2 aromatic rings. The van der Waals surface area contributed by atoms with Crippen molar-refractivity contribution in [2.75, 3.05) is 5.32 Å². The monoisotopic (exact) mass is 358 g/mol. The highest BCUT2D eigenvalue weighted by molar-refractivity contribution is 7.95. The van der Waals surface area contributed by atoms with Crippen LogP contribution in [0, 0.1) is 0 Å². The highest BCUT2D eigenvalue weighted by Crippen LogP contribution is 2.37. The van der Waals surface area contributed by atoms with Crippen LogP contribution in [0.25, 0.3) is 17.0 Å². The maximum atomic E-state index is 14.0. The van der Waals surface area contributed by atoms with Gasteiger partial charge in [-0.05, 0) is 55.3 Å². The van der Waals surface area contributed by atoms with Gasteiger partial charge in [0.15, 0.2) is 0 Å². The Morgan fingerprint density at radius 1 is 1.36 bits per heavy atom. The van der Waals surface area contributed by atoms with E-state index in [1.165, 1.54) is 12.2 Å². The minimum atomic E-state index is -3.48. The van der Waals surface area contributed by atoms with Crippen molar-refractivity contribution in [2.24, 2.45) is 0 Å². The normalized spacial score (nSPS) is 21.4. The zero-order valence-electron chi connectivity index (χ0n) is 13.3. The van der Waals surface area contributed by atoms with Crippen LogP contribution in [0.2, 0.25) is 0 Å². The molecule has 2 N–H and O–H groups in total. The second-order valence-electron chi connectivity index (χ2n) is 6.08. The molecule has 1 aromatic carbocycles. The maximum absolute atomic E-state index is 14.0. The molecule has 5 nitrogen and oxygen atoms in total. The summed E-state index contributed by atoms with van der Waals surface area (Å²) in [5, 5.41) is 13.2. The van der Waals surface area contributed by atoms with Crippen molar-refractivity contribution in [1.82, 2.24) is 4.98 Å². The first-order valence-electron chi connectivity index (χ1n) is 7.75. The number of aromatic nitrogens is 1. The van der Waals surface area contributed by atoms with Gasteiger partial charge in [-0.1, -0.05) is 0 Å². The topological polar surface area (TPSA) is 79.3 Å². The first kappa shape index (κ1) is 16.0. The lowest BCUT2D eigenvalue weighted by atomic mass is 10.1. The number of hydrogen-bond donors (Lipinski definition) is 2. The molecule has 1 aromatic heterocycles. The first-order valence-corrected chi connectivity index (χ1v) is 9.23. The van der Waals surface area contributed by atoms with E-state index in [4.69, 9.17) is 0 Å². The number of nitrogens with one attached hydrogen (secondary N) is 1. The zero-order valence-corrected chi connectivity index (χ0v) is 14.1. The van der Waals surface area contributed by atoms with E-state index in [9.17, 15) is 17.9 Å². The number of rotatable bonds is 2. The third-order valence-corrected chi connectivity index (χ3v) is 6.27. The van der Waals surface area contributed by atoms with Crippen LogP contribution in [0.5, 0.6) is 0 Å². The van der Waals surface area contributed by atoms with Crippen LogP contribution >= 0.6 is 0 Å². The fourth-order valence-corrected chi connectivity index (χ4v) is 4.36. The Bertz CT molecular complexity index is 1100. The Labute approximate surface area is 144 Å². The molecule has 0 spiro atoms. The molecule has 128 valence electrons. The van der Waals surface area contributed by atoms with Crippen LogP contribution in [0.1, 0.15) is 18.9 Å². The van der Waals surface area contributed by atoms with E-state index in [0.717, 1.165) is 0 Å². The van der Waals surface area contributed by atoms with E-state index in [0.29, 0.717) is 27.1 Å². The zero-order chi connectivity index (χ0) is 17.8. The van der Waals surface area contributed by atoms with E-state index in [1.54, 1.807) is 37.4 Å². The van der Waals surface area contributed by atoms with E-state index in [-0.39, 0.29) is 17.0 Å². The third-order valence-electron chi connectivity index (χ3n) is 4.37. The summed E-state index contributed by atoms with van der Waals surface area (Å²) in [6.07, 6.45) is 5.37. The van der Waals surface area contributed by atoms with Crippen LogP contribution in [-0.2, 0) is 9.84 Å². The van der Waals surface area contributed by atoms with Crippen molar-refractivity contribution in [2.45, 2.75) is 24.3 Å². The summed E-state index contributed by atoms with van der Waals surface area (Å²) in [4.78, 5) is 4.79. The first-order chi connectivity index (χ1) is 11.9. The van der Waals surface area contributed by atoms with Crippen molar-refractivity contribution in [3.05, 3.63) is 58.5 Å². The second-order valence-corrected chi connectivity index (χ2v) is 8.18. The Morgan fingerprint density at radius 3 is 2.96 bits per heavy atom. The molecule has 1 aliphatic heterocycles. The molecule has 4 rings (SSSR count). The number of allylic oxidation sites excluding steroid dienone is 2. The van der Waals surface area contributed by atoms with Crippen LogP contribution in [0.15, 0.2) is 57.9 Å². The van der Waals surface area contributed by atoms with Crippen LogP contribution in [0.3, 0.4) is 0 Å². The van der Waals surface area contributed by atoms with Gasteiger partial charge in [-0.25, -0.2) is 12.8 Å². The van der Waals surface area contributed by atoms with E-state index in [1.807, 2.05) is 0 Å². The third kappa shape index (κ3) is 2.56. The lowest BCUT2D eigenvalue weighted by Gasteiger charge is -2.17. The highest BCUT2D eigenvalue weighted by atomic mass is 32.2. The number of aliphatic hydroxyl groups excluding tert-OH is 1. The molecule has 7 heteroatoms. The molecule has 0 fully saturated rings. The second kappa shape index (κ2) is 5.50. The number of aliphatic hydroxyl groups is 1.